The summed E-state index contributed by atoms with van der Waals surface area (Å²) in [6.07, 6.45) is 0.581. The molecule has 0 bridgehead atoms. The molecule has 1 amide bonds. The van der Waals surface area contributed by atoms with Gasteiger partial charge >= 0.3 is 10.1 Å². The molecule has 0 fully saturated rings. The van der Waals surface area contributed by atoms with Gasteiger partial charge in [0.25, 0.3) is 11.6 Å². The Morgan fingerprint density at radius 3 is 2.42 bits per heavy atom. The molecule has 0 spiro atoms. The monoisotopic (exact) mass is 470 g/mol. The van der Waals surface area contributed by atoms with Crippen molar-refractivity contribution in [2.24, 2.45) is 0 Å². The molecule has 0 saturated heterocycles. The van der Waals surface area contributed by atoms with Gasteiger partial charge in [0.05, 0.1) is 12.0 Å². The first-order valence-corrected chi connectivity index (χ1v) is 11.3. The molecule has 0 aliphatic rings. The third-order valence-electron chi connectivity index (χ3n) is 4.85. The number of para-hydroxylation sites is 1. The molecule has 172 valence electrons. The van der Waals surface area contributed by atoms with Crippen LogP contribution in [0, 0.1) is 17.0 Å². The van der Waals surface area contributed by atoms with Crippen LogP contribution in [-0.2, 0) is 16.5 Å². The Bertz CT molecular complexity index is 1270. The lowest BCUT2D eigenvalue weighted by Gasteiger charge is -2.11. The predicted molar refractivity (Wildman–Crippen MR) is 121 cm³/mol. The number of benzene rings is 3. The molecular formula is C23H22N2O7S. The van der Waals surface area contributed by atoms with E-state index in [1.54, 1.807) is 7.11 Å². The average molecular weight is 471 g/mol. The van der Waals surface area contributed by atoms with Crippen LogP contribution in [0.1, 0.15) is 21.5 Å². The third kappa shape index (κ3) is 5.86. The van der Waals surface area contributed by atoms with Crippen LogP contribution in [-0.4, -0.2) is 32.9 Å². The van der Waals surface area contributed by atoms with Crippen LogP contribution in [0.15, 0.2) is 71.6 Å². The number of hydrogen-bond acceptors (Lipinski definition) is 7. The summed E-state index contributed by atoms with van der Waals surface area (Å²) in [5.41, 5.74) is 1.24. The summed E-state index contributed by atoms with van der Waals surface area (Å²) in [5.74, 6) is 0.397. The first kappa shape index (κ1) is 23.7. The Labute approximate surface area is 191 Å². The van der Waals surface area contributed by atoms with Gasteiger partial charge in [0.15, 0.2) is 0 Å². The summed E-state index contributed by atoms with van der Waals surface area (Å²) in [6, 6.07) is 16.6. The minimum atomic E-state index is -4.30. The zero-order valence-electron chi connectivity index (χ0n) is 18.0. The van der Waals surface area contributed by atoms with Crippen LogP contribution in [0.5, 0.6) is 11.5 Å². The Morgan fingerprint density at radius 2 is 1.76 bits per heavy atom. The van der Waals surface area contributed by atoms with Gasteiger partial charge in [0.2, 0.25) is 0 Å². The number of hydrogen-bond donors (Lipinski definition) is 1. The van der Waals surface area contributed by atoms with Crippen LogP contribution in [0.2, 0.25) is 0 Å². The highest BCUT2D eigenvalue weighted by Crippen LogP contribution is 2.25. The van der Waals surface area contributed by atoms with Crippen LogP contribution < -0.4 is 14.2 Å². The standard InChI is InChI=1S/C23H22N2O7S/c1-16-7-10-19(25(27)28)15-22(16)33(29,30)32-20-11-8-18(9-12-20)23(26)24-14-13-17-5-3-4-6-21(17)31-2/h3-12,15H,13-14H2,1-2H3,(H,24,26). The molecule has 0 aliphatic carbocycles. The SMILES string of the molecule is COc1ccccc1CCNC(=O)c1ccc(OS(=O)(=O)c2cc([N+](=O)[O-])ccc2C)cc1. The molecule has 0 aromatic heterocycles. The Kier molecular flexibility index (Phi) is 7.29. The molecule has 9 nitrogen and oxygen atoms in total. The van der Waals surface area contributed by atoms with Crippen molar-refractivity contribution in [1.82, 2.24) is 5.32 Å². The number of carbonyl (C=O) groups is 1. The number of amides is 1. The fourth-order valence-corrected chi connectivity index (χ4v) is 4.31. The second-order valence-corrected chi connectivity index (χ2v) is 8.60. The number of nitrogens with zero attached hydrogens (tertiary/aromatic N) is 1. The van der Waals surface area contributed by atoms with E-state index in [4.69, 9.17) is 8.92 Å². The Balaban J connectivity index is 1.64. The highest BCUT2D eigenvalue weighted by Gasteiger charge is 2.23. The van der Waals surface area contributed by atoms with E-state index in [0.717, 1.165) is 17.4 Å². The van der Waals surface area contributed by atoms with Gasteiger partial charge in [0, 0.05) is 24.2 Å². The van der Waals surface area contributed by atoms with Gasteiger partial charge in [-0.2, -0.15) is 8.42 Å². The van der Waals surface area contributed by atoms with Gasteiger partial charge in [-0.25, -0.2) is 0 Å². The van der Waals surface area contributed by atoms with Crippen molar-refractivity contribution in [2.45, 2.75) is 18.2 Å². The molecular weight excluding hydrogens is 448 g/mol. The zero-order chi connectivity index (χ0) is 24.0. The number of ether oxygens (including phenoxy) is 1. The van der Waals surface area contributed by atoms with E-state index in [-0.39, 0.29) is 22.2 Å². The van der Waals surface area contributed by atoms with Gasteiger partial charge in [-0.15, -0.1) is 0 Å². The van der Waals surface area contributed by atoms with Gasteiger partial charge in [-0.3, -0.25) is 14.9 Å². The summed E-state index contributed by atoms with van der Waals surface area (Å²) < 4.78 is 35.6. The van der Waals surface area contributed by atoms with E-state index < -0.39 is 15.0 Å². The van der Waals surface area contributed by atoms with Crippen LogP contribution in [0.3, 0.4) is 0 Å². The summed E-state index contributed by atoms with van der Waals surface area (Å²) in [6.45, 7) is 1.90. The lowest BCUT2D eigenvalue weighted by molar-refractivity contribution is -0.385. The number of nitrogens with one attached hydrogen (secondary N) is 1. The highest BCUT2D eigenvalue weighted by molar-refractivity contribution is 7.87. The van der Waals surface area contributed by atoms with Gasteiger partial charge < -0.3 is 14.2 Å². The number of nitro groups is 1. The third-order valence-corrected chi connectivity index (χ3v) is 6.24. The van der Waals surface area contributed by atoms with Gasteiger partial charge in [-0.05, 0) is 54.8 Å². The molecule has 3 aromatic carbocycles. The van der Waals surface area contributed by atoms with E-state index in [1.165, 1.54) is 43.3 Å². The van der Waals surface area contributed by atoms with Crippen LogP contribution in [0.25, 0.3) is 0 Å². The first-order valence-electron chi connectivity index (χ1n) is 9.91. The van der Waals surface area contributed by atoms with Crippen LogP contribution in [0.4, 0.5) is 5.69 Å². The van der Waals surface area contributed by atoms with Crippen LogP contribution >= 0.6 is 0 Å². The summed E-state index contributed by atoms with van der Waals surface area (Å²) >= 11 is 0. The van der Waals surface area contributed by atoms with Crippen molar-refractivity contribution in [3.63, 3.8) is 0 Å². The molecule has 3 aromatic rings. The fourth-order valence-electron chi connectivity index (χ4n) is 3.13. The number of aryl methyl sites for hydroxylation is 1. The van der Waals surface area contributed by atoms with Crippen molar-refractivity contribution in [3.05, 3.63) is 93.5 Å². The largest absolute Gasteiger partial charge is 0.496 e. The molecule has 0 saturated carbocycles. The molecule has 0 aliphatic heterocycles. The number of carbonyl (C=O) groups excluding carboxylic acids is 1. The Hall–Kier alpha value is -3.92. The molecule has 0 unspecified atom stereocenters. The molecule has 0 heterocycles. The maximum absolute atomic E-state index is 12.6. The topological polar surface area (TPSA) is 125 Å². The van der Waals surface area contributed by atoms with Gasteiger partial charge in [0.1, 0.15) is 16.4 Å². The quantitative estimate of drug-likeness (QED) is 0.287. The molecule has 1 N–H and O–H groups in total. The van der Waals surface area contributed by atoms with Crippen molar-refractivity contribution in [1.29, 1.82) is 0 Å². The molecule has 10 heteroatoms. The average Bonchev–Trinajstić information content (AvgIpc) is 2.79. The molecule has 0 atom stereocenters. The Morgan fingerprint density at radius 1 is 1.06 bits per heavy atom. The van der Waals surface area contributed by atoms with E-state index in [9.17, 15) is 23.3 Å². The van der Waals surface area contributed by atoms with Crippen molar-refractivity contribution in [2.75, 3.05) is 13.7 Å². The summed E-state index contributed by atoms with van der Waals surface area (Å²) in [5, 5.41) is 13.8. The number of nitro benzene ring substituents is 1. The van der Waals surface area contributed by atoms with E-state index >= 15 is 0 Å². The molecule has 33 heavy (non-hydrogen) atoms. The second-order valence-electron chi connectivity index (χ2n) is 7.09. The maximum atomic E-state index is 12.6. The number of rotatable bonds is 9. The molecule has 3 rings (SSSR count). The van der Waals surface area contributed by atoms with Crippen molar-refractivity contribution < 1.29 is 27.1 Å². The van der Waals surface area contributed by atoms with E-state index in [2.05, 4.69) is 5.32 Å². The lowest BCUT2D eigenvalue weighted by atomic mass is 10.1. The van der Waals surface area contributed by atoms with Crippen molar-refractivity contribution in [3.8, 4) is 11.5 Å². The van der Waals surface area contributed by atoms with E-state index in [1.807, 2.05) is 24.3 Å². The lowest BCUT2D eigenvalue weighted by Crippen LogP contribution is -2.25. The highest BCUT2D eigenvalue weighted by atomic mass is 32.2. The molecule has 0 radical (unpaired) electrons. The number of non-ortho nitro benzene ring substituents is 1. The minimum Gasteiger partial charge on any atom is -0.496 e. The van der Waals surface area contributed by atoms with Gasteiger partial charge in [-0.1, -0.05) is 24.3 Å². The van der Waals surface area contributed by atoms with Crippen molar-refractivity contribution >= 4 is 21.7 Å². The second kappa shape index (κ2) is 10.1. The van der Waals surface area contributed by atoms with E-state index in [0.29, 0.717) is 24.1 Å². The fraction of sp³-hybridized carbons (Fsp3) is 0.174. The normalized spacial score (nSPS) is 11.0. The number of methoxy groups -OCH3 is 1. The zero-order valence-corrected chi connectivity index (χ0v) is 18.8. The summed E-state index contributed by atoms with van der Waals surface area (Å²) in [7, 11) is -2.72. The smallest absolute Gasteiger partial charge is 0.339 e. The summed E-state index contributed by atoms with van der Waals surface area (Å²) in [4.78, 5) is 22.4. The maximum Gasteiger partial charge on any atom is 0.339 e. The minimum absolute atomic E-state index is 0.0218. The predicted octanol–water partition coefficient (Wildman–Crippen LogP) is 3.65. The first-order chi connectivity index (χ1) is 15.7.